The van der Waals surface area contributed by atoms with Crippen molar-refractivity contribution in [2.75, 3.05) is 5.73 Å². The predicted molar refractivity (Wildman–Crippen MR) is 121 cm³/mol. The number of furan rings is 1. The molecule has 0 aliphatic rings. The van der Waals surface area contributed by atoms with Gasteiger partial charge in [-0.05, 0) is 35.4 Å². The second kappa shape index (κ2) is 8.35. The monoisotopic (exact) mass is 424 g/mol. The van der Waals surface area contributed by atoms with Gasteiger partial charge in [0.15, 0.2) is 11.4 Å². The van der Waals surface area contributed by atoms with Gasteiger partial charge in [0.1, 0.15) is 11.2 Å². The third-order valence-corrected chi connectivity index (χ3v) is 5.07. The van der Waals surface area contributed by atoms with E-state index in [1.165, 1.54) is 0 Å². The Bertz CT molecular complexity index is 1380. The molecule has 158 valence electrons. The van der Waals surface area contributed by atoms with Crippen LogP contribution in [0, 0.1) is 0 Å². The van der Waals surface area contributed by atoms with Gasteiger partial charge in [-0.15, -0.1) is 0 Å². The molecule has 32 heavy (non-hydrogen) atoms. The van der Waals surface area contributed by atoms with Gasteiger partial charge in [-0.25, -0.2) is 9.97 Å². The summed E-state index contributed by atoms with van der Waals surface area (Å²) in [6.07, 6.45) is 3.26. The first kappa shape index (κ1) is 19.5. The molecule has 8 nitrogen and oxygen atoms in total. The van der Waals surface area contributed by atoms with E-state index in [1.807, 2.05) is 53.1 Å². The van der Waals surface area contributed by atoms with Crippen LogP contribution in [0.2, 0.25) is 0 Å². The first-order chi connectivity index (χ1) is 15.7. The summed E-state index contributed by atoms with van der Waals surface area (Å²) >= 11 is 0. The molecule has 3 N–H and O–H groups in total. The van der Waals surface area contributed by atoms with Crippen molar-refractivity contribution in [2.45, 2.75) is 13.1 Å². The Morgan fingerprint density at radius 2 is 1.84 bits per heavy atom. The molecule has 0 saturated heterocycles. The summed E-state index contributed by atoms with van der Waals surface area (Å²) in [5.74, 6) is 0.587. The van der Waals surface area contributed by atoms with Crippen molar-refractivity contribution in [3.05, 3.63) is 96.0 Å². The van der Waals surface area contributed by atoms with Crippen molar-refractivity contribution in [1.29, 1.82) is 0 Å². The van der Waals surface area contributed by atoms with Crippen LogP contribution in [0.5, 0.6) is 0 Å². The molecular formula is C24H20N6O2. The highest BCUT2D eigenvalue weighted by Crippen LogP contribution is 2.26. The van der Waals surface area contributed by atoms with E-state index in [4.69, 9.17) is 10.2 Å². The van der Waals surface area contributed by atoms with Crippen LogP contribution in [0.15, 0.2) is 83.7 Å². The van der Waals surface area contributed by atoms with E-state index in [0.29, 0.717) is 41.3 Å². The smallest absolute Gasteiger partial charge is 0.251 e. The maximum absolute atomic E-state index is 12.6. The van der Waals surface area contributed by atoms with Crippen LogP contribution in [0.25, 0.3) is 22.6 Å². The topological polar surface area (TPSA) is 112 Å². The molecule has 0 aliphatic heterocycles. The number of nitrogens with one attached hydrogen (secondary N) is 1. The Kier molecular flexibility index (Phi) is 5.09. The molecule has 0 atom stereocenters. The molecule has 0 fully saturated rings. The molecule has 0 unspecified atom stereocenters. The average molecular weight is 424 g/mol. The minimum Gasteiger partial charge on any atom is -0.463 e. The van der Waals surface area contributed by atoms with Crippen LogP contribution in [0.3, 0.4) is 0 Å². The lowest BCUT2D eigenvalue weighted by Crippen LogP contribution is -2.22. The van der Waals surface area contributed by atoms with Gasteiger partial charge in [0.25, 0.3) is 5.91 Å². The molecule has 3 heterocycles. The van der Waals surface area contributed by atoms with Crippen LogP contribution in [-0.2, 0) is 13.1 Å². The molecule has 0 saturated carbocycles. The highest BCUT2D eigenvalue weighted by atomic mass is 16.3. The summed E-state index contributed by atoms with van der Waals surface area (Å²) in [5.41, 5.74) is 10.3. The minimum absolute atomic E-state index is 0.127. The third-order valence-electron chi connectivity index (χ3n) is 5.07. The lowest BCUT2D eigenvalue weighted by Gasteiger charge is -2.09. The van der Waals surface area contributed by atoms with Gasteiger partial charge in [0.2, 0.25) is 5.95 Å². The summed E-state index contributed by atoms with van der Waals surface area (Å²) in [6, 6.07) is 20.9. The fourth-order valence-corrected chi connectivity index (χ4v) is 3.55. The van der Waals surface area contributed by atoms with Crippen LogP contribution in [0.4, 0.5) is 5.95 Å². The van der Waals surface area contributed by atoms with Gasteiger partial charge in [0.05, 0.1) is 19.1 Å². The van der Waals surface area contributed by atoms with Crippen molar-refractivity contribution in [2.24, 2.45) is 0 Å². The fraction of sp³-hybridized carbons (Fsp3) is 0.0833. The number of benzene rings is 2. The van der Waals surface area contributed by atoms with E-state index in [-0.39, 0.29) is 11.9 Å². The molecule has 0 bridgehead atoms. The van der Waals surface area contributed by atoms with Crippen molar-refractivity contribution < 1.29 is 9.21 Å². The summed E-state index contributed by atoms with van der Waals surface area (Å²) in [4.78, 5) is 25.8. The quantitative estimate of drug-likeness (QED) is 0.430. The number of nitrogen functional groups attached to an aromatic ring is 1. The zero-order chi connectivity index (χ0) is 21.9. The summed E-state index contributed by atoms with van der Waals surface area (Å²) in [6.45, 7) is 0.951. The standard InChI is InChI=1S/C24H20N6O2/c25-24-28-20(19-10-5-11-32-19)21-22(29-24)30(15-27-21)14-17-8-4-9-18(12-17)23(31)26-13-16-6-2-1-3-7-16/h1-12,15H,13-14H2,(H,26,31)(H2,25,28,29). The molecule has 5 rings (SSSR count). The van der Waals surface area contributed by atoms with Crippen LogP contribution in [-0.4, -0.2) is 25.4 Å². The van der Waals surface area contributed by atoms with Gasteiger partial charge in [-0.3, -0.25) is 4.79 Å². The highest BCUT2D eigenvalue weighted by Gasteiger charge is 2.16. The van der Waals surface area contributed by atoms with Gasteiger partial charge < -0.3 is 20.0 Å². The number of rotatable bonds is 6. The lowest BCUT2D eigenvalue weighted by molar-refractivity contribution is 0.0951. The van der Waals surface area contributed by atoms with E-state index >= 15 is 0 Å². The number of nitrogens with zero attached hydrogens (tertiary/aromatic N) is 4. The van der Waals surface area contributed by atoms with Crippen LogP contribution in [0.1, 0.15) is 21.5 Å². The number of aromatic nitrogens is 4. The largest absolute Gasteiger partial charge is 0.463 e. The zero-order valence-electron chi connectivity index (χ0n) is 17.1. The van der Waals surface area contributed by atoms with Crippen molar-refractivity contribution in [3.8, 4) is 11.5 Å². The van der Waals surface area contributed by atoms with Gasteiger partial charge in [-0.2, -0.15) is 4.98 Å². The fourth-order valence-electron chi connectivity index (χ4n) is 3.55. The number of nitrogens with two attached hydrogens (primary N) is 1. The molecule has 2 aromatic carbocycles. The number of carbonyl (C=O) groups excluding carboxylic acids is 1. The number of imidazole rings is 1. The van der Waals surface area contributed by atoms with E-state index in [2.05, 4.69) is 20.3 Å². The lowest BCUT2D eigenvalue weighted by atomic mass is 10.1. The Balaban J connectivity index is 1.38. The normalized spacial score (nSPS) is 11.0. The van der Waals surface area contributed by atoms with E-state index in [0.717, 1.165) is 11.1 Å². The van der Waals surface area contributed by atoms with Crippen LogP contribution < -0.4 is 11.1 Å². The highest BCUT2D eigenvalue weighted by molar-refractivity contribution is 5.94. The van der Waals surface area contributed by atoms with Crippen LogP contribution >= 0.6 is 0 Å². The summed E-state index contributed by atoms with van der Waals surface area (Å²) < 4.78 is 7.34. The number of hydrogen-bond donors (Lipinski definition) is 2. The Labute approximate surface area is 183 Å². The predicted octanol–water partition coefficient (Wildman–Crippen LogP) is 3.65. The van der Waals surface area contributed by atoms with E-state index < -0.39 is 0 Å². The molecule has 0 radical (unpaired) electrons. The third kappa shape index (κ3) is 3.93. The van der Waals surface area contributed by atoms with Crippen molar-refractivity contribution >= 4 is 23.0 Å². The Morgan fingerprint density at radius 3 is 2.66 bits per heavy atom. The van der Waals surface area contributed by atoms with E-state index in [9.17, 15) is 4.79 Å². The summed E-state index contributed by atoms with van der Waals surface area (Å²) in [5, 5.41) is 2.96. The zero-order valence-corrected chi connectivity index (χ0v) is 17.1. The molecule has 0 spiro atoms. The molecule has 8 heteroatoms. The number of carbonyl (C=O) groups is 1. The van der Waals surface area contributed by atoms with Gasteiger partial charge in [0, 0.05) is 12.1 Å². The number of hydrogen-bond acceptors (Lipinski definition) is 6. The van der Waals surface area contributed by atoms with Gasteiger partial charge >= 0.3 is 0 Å². The second-order valence-corrected chi connectivity index (χ2v) is 7.32. The Morgan fingerprint density at radius 1 is 1.00 bits per heavy atom. The maximum atomic E-state index is 12.6. The maximum Gasteiger partial charge on any atom is 0.251 e. The minimum atomic E-state index is -0.127. The molecular weight excluding hydrogens is 404 g/mol. The molecule has 5 aromatic rings. The summed E-state index contributed by atoms with van der Waals surface area (Å²) in [7, 11) is 0. The number of anilines is 1. The number of fused-ring (bicyclic) bond motifs is 1. The number of amides is 1. The molecule has 0 aliphatic carbocycles. The van der Waals surface area contributed by atoms with Crippen molar-refractivity contribution in [1.82, 2.24) is 24.8 Å². The second-order valence-electron chi connectivity index (χ2n) is 7.32. The average Bonchev–Trinajstić information content (AvgIpc) is 3.49. The SMILES string of the molecule is Nc1nc(-c2ccco2)c2ncn(Cc3cccc(C(=O)NCc4ccccc4)c3)c2n1. The van der Waals surface area contributed by atoms with Gasteiger partial charge in [-0.1, -0.05) is 42.5 Å². The first-order valence-corrected chi connectivity index (χ1v) is 10.1. The Hall–Kier alpha value is -4.46. The first-order valence-electron chi connectivity index (χ1n) is 10.1. The van der Waals surface area contributed by atoms with E-state index in [1.54, 1.807) is 30.8 Å². The molecule has 3 aromatic heterocycles. The molecule has 1 amide bonds. The van der Waals surface area contributed by atoms with Crippen molar-refractivity contribution in [3.63, 3.8) is 0 Å².